The van der Waals surface area contributed by atoms with Gasteiger partial charge in [0.1, 0.15) is 5.75 Å². The Morgan fingerprint density at radius 1 is 1.12 bits per heavy atom. The number of morpholine rings is 1. The first kappa shape index (κ1) is 18.7. The van der Waals surface area contributed by atoms with Crippen LogP contribution in [0.25, 0.3) is 0 Å². The van der Waals surface area contributed by atoms with Gasteiger partial charge in [0.05, 0.1) is 18.8 Å². The van der Waals surface area contributed by atoms with Crippen molar-refractivity contribution in [3.05, 3.63) is 29.8 Å². The minimum Gasteiger partial charge on any atom is -0.493 e. The Hall–Kier alpha value is -1.10. The van der Waals surface area contributed by atoms with E-state index in [1.807, 2.05) is 0 Å². The second-order valence-electron chi connectivity index (χ2n) is 7.79. The predicted molar refractivity (Wildman–Crippen MR) is 102 cm³/mol. The molecule has 1 aromatic rings. The van der Waals surface area contributed by atoms with Gasteiger partial charge in [0.2, 0.25) is 0 Å². The van der Waals surface area contributed by atoms with E-state index in [4.69, 9.17) is 9.47 Å². The predicted octanol–water partition coefficient (Wildman–Crippen LogP) is 3.55. The van der Waals surface area contributed by atoms with Gasteiger partial charge in [0.15, 0.2) is 0 Å². The molecule has 2 heterocycles. The van der Waals surface area contributed by atoms with Crippen molar-refractivity contribution in [3.8, 4) is 5.75 Å². The maximum atomic E-state index is 6.14. The van der Waals surface area contributed by atoms with Gasteiger partial charge in [-0.1, -0.05) is 18.2 Å². The first-order valence-corrected chi connectivity index (χ1v) is 9.94. The average Bonchev–Trinajstić information content (AvgIpc) is 2.97. The molecule has 25 heavy (non-hydrogen) atoms. The Morgan fingerprint density at radius 3 is 2.60 bits per heavy atom. The molecule has 2 saturated heterocycles. The SMILES string of the molecule is CC1CN(Cc2ccccc2OCCCN2CCCC2C)CC(C)O1. The molecule has 0 spiro atoms. The lowest BCUT2D eigenvalue weighted by atomic mass is 10.1. The van der Waals surface area contributed by atoms with E-state index in [0.29, 0.717) is 12.2 Å². The third kappa shape index (κ3) is 5.44. The zero-order valence-electron chi connectivity index (χ0n) is 16.1. The van der Waals surface area contributed by atoms with E-state index in [9.17, 15) is 0 Å². The van der Waals surface area contributed by atoms with Gasteiger partial charge in [-0.2, -0.15) is 0 Å². The number of likely N-dealkylation sites (tertiary alicyclic amines) is 1. The Morgan fingerprint density at radius 2 is 1.88 bits per heavy atom. The summed E-state index contributed by atoms with van der Waals surface area (Å²) in [6.45, 7) is 12.8. The Labute approximate surface area is 153 Å². The van der Waals surface area contributed by atoms with Crippen LogP contribution in [0.15, 0.2) is 24.3 Å². The molecule has 3 unspecified atom stereocenters. The molecule has 2 aliphatic rings. The van der Waals surface area contributed by atoms with E-state index < -0.39 is 0 Å². The van der Waals surface area contributed by atoms with E-state index >= 15 is 0 Å². The van der Waals surface area contributed by atoms with Crippen molar-refractivity contribution in [2.75, 3.05) is 32.8 Å². The summed E-state index contributed by atoms with van der Waals surface area (Å²) in [6.07, 6.45) is 4.41. The molecule has 140 valence electrons. The highest BCUT2D eigenvalue weighted by Crippen LogP contribution is 2.22. The van der Waals surface area contributed by atoms with Gasteiger partial charge in [0.25, 0.3) is 0 Å². The van der Waals surface area contributed by atoms with Crippen molar-refractivity contribution in [1.82, 2.24) is 9.80 Å². The summed E-state index contributed by atoms with van der Waals surface area (Å²) >= 11 is 0. The van der Waals surface area contributed by atoms with Gasteiger partial charge < -0.3 is 14.4 Å². The van der Waals surface area contributed by atoms with Crippen LogP contribution in [0.3, 0.4) is 0 Å². The molecule has 2 aliphatic heterocycles. The molecular formula is C21H34N2O2. The summed E-state index contributed by atoms with van der Waals surface area (Å²) in [5.41, 5.74) is 1.29. The zero-order valence-corrected chi connectivity index (χ0v) is 16.1. The fraction of sp³-hybridized carbons (Fsp3) is 0.714. The molecule has 0 N–H and O–H groups in total. The van der Waals surface area contributed by atoms with Crippen molar-refractivity contribution in [2.24, 2.45) is 0 Å². The van der Waals surface area contributed by atoms with Crippen LogP contribution < -0.4 is 4.74 Å². The minimum absolute atomic E-state index is 0.305. The topological polar surface area (TPSA) is 24.9 Å². The number of benzene rings is 1. The average molecular weight is 347 g/mol. The molecular weight excluding hydrogens is 312 g/mol. The van der Waals surface area contributed by atoms with Gasteiger partial charge in [-0.15, -0.1) is 0 Å². The summed E-state index contributed by atoms with van der Waals surface area (Å²) in [5, 5.41) is 0. The molecule has 4 heteroatoms. The first-order valence-electron chi connectivity index (χ1n) is 9.94. The van der Waals surface area contributed by atoms with Crippen LogP contribution in [0.4, 0.5) is 0 Å². The summed E-state index contributed by atoms with van der Waals surface area (Å²) < 4.78 is 12.0. The molecule has 1 aromatic carbocycles. The molecule has 0 aliphatic carbocycles. The Bertz CT molecular complexity index is 526. The van der Waals surface area contributed by atoms with Crippen LogP contribution in [0, 0.1) is 0 Å². The second-order valence-corrected chi connectivity index (χ2v) is 7.79. The fourth-order valence-electron chi connectivity index (χ4n) is 4.20. The number of hydrogen-bond acceptors (Lipinski definition) is 4. The van der Waals surface area contributed by atoms with Crippen molar-refractivity contribution in [1.29, 1.82) is 0 Å². The Balaban J connectivity index is 1.48. The van der Waals surface area contributed by atoms with Gasteiger partial charge in [0, 0.05) is 37.8 Å². The lowest BCUT2D eigenvalue weighted by Crippen LogP contribution is -2.44. The zero-order chi connectivity index (χ0) is 17.6. The van der Waals surface area contributed by atoms with Crippen molar-refractivity contribution in [2.45, 2.75) is 64.8 Å². The first-order chi connectivity index (χ1) is 12.1. The van der Waals surface area contributed by atoms with Crippen LogP contribution in [0.1, 0.15) is 45.6 Å². The van der Waals surface area contributed by atoms with Crippen molar-refractivity contribution < 1.29 is 9.47 Å². The molecule has 0 saturated carbocycles. The molecule has 4 nitrogen and oxygen atoms in total. The quantitative estimate of drug-likeness (QED) is 0.705. The van der Waals surface area contributed by atoms with Gasteiger partial charge in [-0.3, -0.25) is 4.90 Å². The highest BCUT2D eigenvalue weighted by molar-refractivity contribution is 5.33. The third-order valence-electron chi connectivity index (χ3n) is 5.40. The van der Waals surface area contributed by atoms with E-state index in [2.05, 4.69) is 54.8 Å². The normalized spacial score (nSPS) is 28.4. The summed E-state index contributed by atoms with van der Waals surface area (Å²) in [7, 11) is 0. The van der Waals surface area contributed by atoms with Gasteiger partial charge in [-0.05, 0) is 52.6 Å². The second kappa shape index (κ2) is 9.02. The summed E-state index contributed by atoms with van der Waals surface area (Å²) in [5.74, 6) is 1.05. The third-order valence-corrected chi connectivity index (χ3v) is 5.40. The highest BCUT2D eigenvalue weighted by atomic mass is 16.5. The van der Waals surface area contributed by atoms with Crippen LogP contribution in [-0.4, -0.2) is 60.8 Å². The highest BCUT2D eigenvalue weighted by Gasteiger charge is 2.23. The van der Waals surface area contributed by atoms with E-state index in [0.717, 1.165) is 51.0 Å². The molecule has 2 fully saturated rings. The van der Waals surface area contributed by atoms with Crippen LogP contribution in [0.2, 0.25) is 0 Å². The number of ether oxygens (including phenoxy) is 2. The molecule has 0 bridgehead atoms. The molecule has 0 amide bonds. The van der Waals surface area contributed by atoms with Crippen molar-refractivity contribution >= 4 is 0 Å². The maximum Gasteiger partial charge on any atom is 0.123 e. The molecule has 0 radical (unpaired) electrons. The van der Waals surface area contributed by atoms with Gasteiger partial charge in [-0.25, -0.2) is 0 Å². The van der Waals surface area contributed by atoms with Crippen LogP contribution >= 0.6 is 0 Å². The monoisotopic (exact) mass is 346 g/mol. The minimum atomic E-state index is 0.305. The maximum absolute atomic E-state index is 6.14. The molecule has 3 rings (SSSR count). The molecule has 0 aromatic heterocycles. The number of nitrogens with zero attached hydrogens (tertiary/aromatic N) is 2. The van der Waals surface area contributed by atoms with E-state index in [1.165, 1.54) is 24.9 Å². The van der Waals surface area contributed by atoms with Crippen LogP contribution in [0.5, 0.6) is 5.75 Å². The number of rotatable bonds is 7. The summed E-state index contributed by atoms with van der Waals surface area (Å²) in [4.78, 5) is 5.07. The standard InChI is InChI=1S/C21H34N2O2/c1-17-8-6-11-23(17)12-7-13-24-21-10-5-4-9-20(21)16-22-14-18(2)25-19(3)15-22/h4-5,9-10,17-19H,6-8,11-16H2,1-3H3. The smallest absolute Gasteiger partial charge is 0.123 e. The lowest BCUT2D eigenvalue weighted by Gasteiger charge is -2.35. The lowest BCUT2D eigenvalue weighted by molar-refractivity contribution is -0.0706. The largest absolute Gasteiger partial charge is 0.493 e. The molecule has 3 atom stereocenters. The van der Waals surface area contributed by atoms with E-state index in [-0.39, 0.29) is 0 Å². The van der Waals surface area contributed by atoms with Crippen LogP contribution in [-0.2, 0) is 11.3 Å². The Kier molecular flexibility index (Phi) is 6.74. The van der Waals surface area contributed by atoms with Gasteiger partial charge >= 0.3 is 0 Å². The summed E-state index contributed by atoms with van der Waals surface area (Å²) in [6, 6.07) is 9.24. The fourth-order valence-corrected chi connectivity index (χ4v) is 4.20. The van der Waals surface area contributed by atoms with E-state index in [1.54, 1.807) is 0 Å². The number of hydrogen-bond donors (Lipinski definition) is 0. The van der Waals surface area contributed by atoms with Crippen molar-refractivity contribution in [3.63, 3.8) is 0 Å². The number of para-hydroxylation sites is 1.